The van der Waals surface area contributed by atoms with Crippen molar-refractivity contribution in [2.24, 2.45) is 5.10 Å². The third-order valence-corrected chi connectivity index (χ3v) is 3.21. The first-order valence-electron chi connectivity index (χ1n) is 3.87. The van der Waals surface area contributed by atoms with Crippen molar-refractivity contribution in [2.75, 3.05) is 5.43 Å². The number of rotatable bonds is 2. The fourth-order valence-electron chi connectivity index (χ4n) is 0.836. The van der Waals surface area contributed by atoms with Gasteiger partial charge in [-0.2, -0.15) is 15.6 Å². The molecule has 0 amide bonds. The Labute approximate surface area is 117 Å². The molecule has 1 aromatic carbocycles. The number of nitrogens with zero attached hydrogens (tertiary/aromatic N) is 3. The fraction of sp³-hybridized carbons (Fsp3) is 0. The summed E-state index contributed by atoms with van der Waals surface area (Å²) in [7, 11) is 0. The molecule has 0 aromatic heterocycles. The third kappa shape index (κ3) is 3.31. The number of nitriles is 2. The zero-order valence-corrected chi connectivity index (χ0v) is 12.4. The Morgan fingerprint density at radius 3 is 2.06 bits per heavy atom. The van der Waals surface area contributed by atoms with Crippen LogP contribution in [0.4, 0.5) is 5.69 Å². The molecule has 7 heteroatoms. The Bertz CT molecular complexity index is 486. The van der Waals surface area contributed by atoms with Gasteiger partial charge in [-0.3, -0.25) is 5.43 Å². The minimum absolute atomic E-state index is 0.235. The molecule has 1 aromatic rings. The molecule has 0 radical (unpaired) electrons. The van der Waals surface area contributed by atoms with Gasteiger partial charge in [-0.05, 0) is 44.0 Å². The quantitative estimate of drug-likeness (QED) is 0.600. The lowest BCUT2D eigenvalue weighted by molar-refractivity contribution is 1.31. The highest BCUT2D eigenvalue weighted by Gasteiger charge is 2.06. The molecule has 0 heterocycles. The molecule has 16 heavy (non-hydrogen) atoms. The second kappa shape index (κ2) is 6.00. The van der Waals surface area contributed by atoms with Gasteiger partial charge >= 0.3 is 0 Å². The average Bonchev–Trinajstić information content (AvgIpc) is 2.22. The Kier molecular flexibility index (Phi) is 4.94. The molecule has 0 atom stereocenters. The summed E-state index contributed by atoms with van der Waals surface area (Å²) in [6.07, 6.45) is 0. The normalized spacial score (nSPS) is 8.81. The summed E-state index contributed by atoms with van der Waals surface area (Å²) in [4.78, 5) is 0. The average molecular weight is 407 g/mol. The van der Waals surface area contributed by atoms with Gasteiger partial charge in [0.15, 0.2) is 0 Å². The Hall–Kier alpha value is -0.890. The van der Waals surface area contributed by atoms with Crippen LogP contribution in [0.5, 0.6) is 0 Å². The Morgan fingerprint density at radius 2 is 1.62 bits per heavy atom. The maximum absolute atomic E-state index is 8.51. The van der Waals surface area contributed by atoms with E-state index in [1.54, 1.807) is 12.1 Å². The highest BCUT2D eigenvalue weighted by atomic mass is 79.9. The van der Waals surface area contributed by atoms with Crippen LogP contribution < -0.4 is 5.43 Å². The first-order chi connectivity index (χ1) is 7.58. The van der Waals surface area contributed by atoms with Crippen molar-refractivity contribution in [1.29, 1.82) is 10.5 Å². The second-order valence-corrected chi connectivity index (χ2v) is 5.16. The number of benzene rings is 1. The van der Waals surface area contributed by atoms with E-state index in [0.29, 0.717) is 5.69 Å². The van der Waals surface area contributed by atoms with E-state index in [4.69, 9.17) is 10.5 Å². The summed E-state index contributed by atoms with van der Waals surface area (Å²) in [6.45, 7) is 0. The van der Waals surface area contributed by atoms with E-state index in [0.717, 1.165) is 13.4 Å². The predicted molar refractivity (Wildman–Crippen MR) is 71.8 cm³/mol. The number of hydrogen-bond donors (Lipinski definition) is 1. The van der Waals surface area contributed by atoms with E-state index in [1.807, 2.05) is 12.1 Å². The zero-order chi connectivity index (χ0) is 12.1. The van der Waals surface area contributed by atoms with E-state index in [-0.39, 0.29) is 5.71 Å². The van der Waals surface area contributed by atoms with Crippen LogP contribution in [-0.2, 0) is 0 Å². The standard InChI is InChI=1S/C9H3Br3N4/c10-5-1-7(11)9(8(12)2-5)16-15-6(3-13)4-14/h1-2,16H. The van der Waals surface area contributed by atoms with Gasteiger partial charge in [-0.25, -0.2) is 0 Å². The van der Waals surface area contributed by atoms with E-state index in [9.17, 15) is 0 Å². The number of nitrogens with one attached hydrogen (secondary N) is 1. The lowest BCUT2D eigenvalue weighted by atomic mass is 10.3. The minimum Gasteiger partial charge on any atom is -0.274 e. The molecule has 0 aliphatic rings. The lowest BCUT2D eigenvalue weighted by Gasteiger charge is -2.06. The maximum atomic E-state index is 8.51. The van der Waals surface area contributed by atoms with E-state index < -0.39 is 0 Å². The van der Waals surface area contributed by atoms with Crippen molar-refractivity contribution in [1.82, 2.24) is 0 Å². The number of hydrazone groups is 1. The summed E-state index contributed by atoms with van der Waals surface area (Å²) in [5, 5.41) is 20.7. The maximum Gasteiger partial charge on any atom is 0.237 e. The summed E-state index contributed by atoms with van der Waals surface area (Å²) in [6, 6.07) is 6.96. The first-order valence-corrected chi connectivity index (χ1v) is 6.25. The van der Waals surface area contributed by atoms with Crippen molar-refractivity contribution >= 4 is 59.2 Å². The van der Waals surface area contributed by atoms with Gasteiger partial charge in [0.05, 0.1) is 5.69 Å². The largest absolute Gasteiger partial charge is 0.274 e. The van der Waals surface area contributed by atoms with E-state index in [1.165, 1.54) is 0 Å². The molecule has 0 aliphatic heterocycles. The topological polar surface area (TPSA) is 72.0 Å². The molecule has 1 rings (SSSR count). The van der Waals surface area contributed by atoms with Crippen LogP contribution in [0.1, 0.15) is 0 Å². The summed E-state index contributed by atoms with van der Waals surface area (Å²) in [5.74, 6) is 0. The lowest BCUT2D eigenvalue weighted by Crippen LogP contribution is -1.97. The van der Waals surface area contributed by atoms with Crippen LogP contribution in [-0.4, -0.2) is 5.71 Å². The van der Waals surface area contributed by atoms with E-state index >= 15 is 0 Å². The van der Waals surface area contributed by atoms with Crippen LogP contribution in [0.25, 0.3) is 0 Å². The van der Waals surface area contributed by atoms with Crippen molar-refractivity contribution in [3.05, 3.63) is 25.6 Å². The molecule has 0 bridgehead atoms. The van der Waals surface area contributed by atoms with Gasteiger partial charge in [0.2, 0.25) is 5.71 Å². The smallest absolute Gasteiger partial charge is 0.237 e. The first kappa shape index (κ1) is 13.2. The van der Waals surface area contributed by atoms with Gasteiger partial charge in [-0.15, -0.1) is 0 Å². The molecule has 80 valence electrons. The molecular weight excluding hydrogens is 404 g/mol. The Balaban J connectivity index is 3.05. The van der Waals surface area contributed by atoms with Crippen LogP contribution >= 0.6 is 47.8 Å². The second-order valence-electron chi connectivity index (χ2n) is 2.54. The van der Waals surface area contributed by atoms with Crippen LogP contribution in [0.2, 0.25) is 0 Å². The molecular formula is C9H3Br3N4. The minimum atomic E-state index is -0.235. The van der Waals surface area contributed by atoms with Gasteiger partial charge in [0.1, 0.15) is 12.1 Å². The van der Waals surface area contributed by atoms with Crippen molar-refractivity contribution in [3.63, 3.8) is 0 Å². The fourth-order valence-corrected chi connectivity index (χ4v) is 3.27. The van der Waals surface area contributed by atoms with Crippen LogP contribution in [0.3, 0.4) is 0 Å². The van der Waals surface area contributed by atoms with Crippen LogP contribution in [0, 0.1) is 22.7 Å². The van der Waals surface area contributed by atoms with Crippen LogP contribution in [0.15, 0.2) is 30.7 Å². The molecule has 0 aliphatic carbocycles. The van der Waals surface area contributed by atoms with Crippen molar-refractivity contribution in [2.45, 2.75) is 0 Å². The van der Waals surface area contributed by atoms with E-state index in [2.05, 4.69) is 58.3 Å². The molecule has 4 nitrogen and oxygen atoms in total. The number of anilines is 1. The zero-order valence-electron chi connectivity index (χ0n) is 7.63. The molecule has 0 saturated heterocycles. The van der Waals surface area contributed by atoms with Gasteiger partial charge in [0, 0.05) is 13.4 Å². The summed E-state index contributed by atoms with van der Waals surface area (Å²) in [5.41, 5.74) is 3.05. The monoisotopic (exact) mass is 404 g/mol. The summed E-state index contributed by atoms with van der Waals surface area (Å²) >= 11 is 9.99. The molecule has 0 fully saturated rings. The van der Waals surface area contributed by atoms with Gasteiger partial charge in [0.25, 0.3) is 0 Å². The highest BCUT2D eigenvalue weighted by Crippen LogP contribution is 2.34. The SMILES string of the molecule is N#CC(C#N)=NNc1c(Br)cc(Br)cc1Br. The predicted octanol–water partition coefficient (Wildman–Crippen LogP) is 3.79. The number of hydrogen-bond acceptors (Lipinski definition) is 4. The molecule has 1 N–H and O–H groups in total. The van der Waals surface area contributed by atoms with Gasteiger partial charge in [-0.1, -0.05) is 15.9 Å². The van der Waals surface area contributed by atoms with Gasteiger partial charge < -0.3 is 0 Å². The molecule has 0 saturated carbocycles. The van der Waals surface area contributed by atoms with Crippen molar-refractivity contribution in [3.8, 4) is 12.1 Å². The number of halogens is 3. The molecule has 0 spiro atoms. The third-order valence-electron chi connectivity index (χ3n) is 1.50. The highest BCUT2D eigenvalue weighted by molar-refractivity contribution is 9.11. The Morgan fingerprint density at radius 1 is 1.12 bits per heavy atom. The molecule has 0 unspecified atom stereocenters. The van der Waals surface area contributed by atoms with Crippen molar-refractivity contribution < 1.29 is 0 Å². The summed E-state index contributed by atoms with van der Waals surface area (Å²) < 4.78 is 2.40.